The number of aliphatic hydroxyl groups excluding tert-OH is 1. The molecule has 0 aliphatic heterocycles. The van der Waals surface area contributed by atoms with Crippen LogP contribution < -0.4 is 0 Å². The van der Waals surface area contributed by atoms with E-state index in [0.717, 1.165) is 0 Å². The summed E-state index contributed by atoms with van der Waals surface area (Å²) in [5, 5.41) is 17.0. The van der Waals surface area contributed by atoms with Crippen molar-refractivity contribution in [3.63, 3.8) is 0 Å². The minimum atomic E-state index is -0.429. The van der Waals surface area contributed by atoms with Gasteiger partial charge in [-0.1, -0.05) is 12.1 Å². The van der Waals surface area contributed by atoms with Crippen molar-refractivity contribution in [1.29, 1.82) is 5.26 Å². The quantitative estimate of drug-likeness (QED) is 0.509. The van der Waals surface area contributed by atoms with E-state index in [1.165, 1.54) is 18.2 Å². The number of halogens is 1. The van der Waals surface area contributed by atoms with E-state index < -0.39 is 5.82 Å². The molecular weight excluding hydrogens is 157 g/mol. The van der Waals surface area contributed by atoms with E-state index >= 15 is 0 Å². The largest absolute Gasteiger partial charge is 0.514 e. The number of nitrogens with zero attached hydrogens (tertiary/aromatic N) is 1. The molecule has 0 fully saturated rings. The fraction of sp³-hybridized carbons (Fsp3) is 0. The Bertz CT molecular complexity index is 352. The first-order valence-corrected chi connectivity index (χ1v) is 3.28. The number of rotatable bonds is 1. The summed E-state index contributed by atoms with van der Waals surface area (Å²) in [6, 6.07) is 7.23. The molecule has 0 aliphatic rings. The van der Waals surface area contributed by atoms with Crippen LogP contribution >= 0.6 is 0 Å². The van der Waals surface area contributed by atoms with Crippen molar-refractivity contribution in [3.8, 4) is 6.07 Å². The topological polar surface area (TPSA) is 44.0 Å². The highest BCUT2D eigenvalue weighted by atomic mass is 19.1. The van der Waals surface area contributed by atoms with Gasteiger partial charge in [0.1, 0.15) is 11.9 Å². The lowest BCUT2D eigenvalue weighted by Gasteiger charge is -1.95. The van der Waals surface area contributed by atoms with E-state index in [-0.39, 0.29) is 5.57 Å². The fourth-order valence-corrected chi connectivity index (χ4v) is 0.824. The molecule has 0 amide bonds. The summed E-state index contributed by atoms with van der Waals surface area (Å²) in [5.74, 6) is -0.429. The molecule has 1 N–H and O–H groups in total. The lowest BCUT2D eigenvalue weighted by atomic mass is 10.1. The number of hydrogen-bond donors (Lipinski definition) is 1. The molecular formula is C9H6FNO. The van der Waals surface area contributed by atoms with Gasteiger partial charge in [0.05, 0.1) is 11.8 Å². The van der Waals surface area contributed by atoms with Crippen LogP contribution in [0.5, 0.6) is 0 Å². The van der Waals surface area contributed by atoms with Gasteiger partial charge in [-0.25, -0.2) is 4.39 Å². The molecule has 60 valence electrons. The Labute approximate surface area is 69.2 Å². The summed E-state index contributed by atoms with van der Waals surface area (Å²) in [6.07, 6.45) is 0.661. The maximum Gasteiger partial charge on any atom is 0.123 e. The van der Waals surface area contributed by atoms with E-state index in [1.54, 1.807) is 12.1 Å². The second-order valence-electron chi connectivity index (χ2n) is 2.16. The molecule has 0 saturated carbocycles. The van der Waals surface area contributed by atoms with Gasteiger partial charge in [0.2, 0.25) is 0 Å². The van der Waals surface area contributed by atoms with E-state index in [9.17, 15) is 4.39 Å². The number of nitriles is 1. The first kappa shape index (κ1) is 8.28. The Morgan fingerprint density at radius 3 is 2.83 bits per heavy atom. The summed E-state index contributed by atoms with van der Waals surface area (Å²) in [4.78, 5) is 0. The molecule has 0 aromatic heterocycles. The van der Waals surface area contributed by atoms with Crippen LogP contribution in [0.1, 0.15) is 5.56 Å². The standard InChI is InChI=1S/C9H6FNO/c10-9-3-1-2-7(4-9)8(5-11)6-12/h1-4,6,12H/b8-6-. The molecule has 0 bridgehead atoms. The first-order chi connectivity index (χ1) is 5.77. The zero-order chi connectivity index (χ0) is 8.97. The van der Waals surface area contributed by atoms with Crippen molar-refractivity contribution in [2.45, 2.75) is 0 Å². The van der Waals surface area contributed by atoms with Crippen LogP contribution in [-0.4, -0.2) is 5.11 Å². The zero-order valence-corrected chi connectivity index (χ0v) is 6.16. The van der Waals surface area contributed by atoms with Crippen LogP contribution in [0.25, 0.3) is 5.57 Å². The van der Waals surface area contributed by atoms with Crippen LogP contribution in [0.15, 0.2) is 30.5 Å². The number of hydrogen-bond acceptors (Lipinski definition) is 2. The fourth-order valence-electron chi connectivity index (χ4n) is 0.824. The Morgan fingerprint density at radius 1 is 1.58 bits per heavy atom. The summed E-state index contributed by atoms with van der Waals surface area (Å²) in [6.45, 7) is 0. The lowest BCUT2D eigenvalue weighted by Crippen LogP contribution is -1.82. The highest BCUT2D eigenvalue weighted by Crippen LogP contribution is 2.13. The maximum atomic E-state index is 12.6. The molecule has 2 nitrogen and oxygen atoms in total. The predicted molar refractivity (Wildman–Crippen MR) is 42.6 cm³/mol. The molecule has 0 heterocycles. The molecule has 1 aromatic rings. The SMILES string of the molecule is N#C/C(=C/O)c1cccc(F)c1. The number of aliphatic hydroxyl groups is 1. The summed E-state index contributed by atoms with van der Waals surface area (Å²) < 4.78 is 12.6. The van der Waals surface area contributed by atoms with Crippen molar-refractivity contribution < 1.29 is 9.50 Å². The van der Waals surface area contributed by atoms with Crippen molar-refractivity contribution in [1.82, 2.24) is 0 Å². The second kappa shape index (κ2) is 3.54. The molecule has 0 unspecified atom stereocenters. The number of benzene rings is 1. The molecule has 3 heteroatoms. The van der Waals surface area contributed by atoms with Crippen LogP contribution in [-0.2, 0) is 0 Å². The summed E-state index contributed by atoms with van der Waals surface area (Å²) in [5.41, 5.74) is 0.425. The van der Waals surface area contributed by atoms with Crippen LogP contribution in [0.2, 0.25) is 0 Å². The van der Waals surface area contributed by atoms with Gasteiger partial charge < -0.3 is 5.11 Å². The average molecular weight is 163 g/mol. The number of allylic oxidation sites excluding steroid dienone is 1. The highest BCUT2D eigenvalue weighted by Gasteiger charge is 2.00. The van der Waals surface area contributed by atoms with Gasteiger partial charge >= 0.3 is 0 Å². The zero-order valence-electron chi connectivity index (χ0n) is 6.16. The molecule has 1 rings (SSSR count). The summed E-state index contributed by atoms with van der Waals surface area (Å²) >= 11 is 0. The third-order valence-electron chi connectivity index (χ3n) is 1.39. The Hall–Kier alpha value is -1.82. The third kappa shape index (κ3) is 1.61. The van der Waals surface area contributed by atoms with Crippen molar-refractivity contribution >= 4 is 5.57 Å². The van der Waals surface area contributed by atoms with E-state index in [1.807, 2.05) is 0 Å². The van der Waals surface area contributed by atoms with Gasteiger partial charge in [-0.2, -0.15) is 5.26 Å². The van der Waals surface area contributed by atoms with Gasteiger partial charge in [0.15, 0.2) is 0 Å². The van der Waals surface area contributed by atoms with E-state index in [0.29, 0.717) is 11.8 Å². The average Bonchev–Trinajstić information content (AvgIpc) is 2.07. The normalized spacial score (nSPS) is 10.8. The third-order valence-corrected chi connectivity index (χ3v) is 1.39. The minimum absolute atomic E-state index is 0.0505. The van der Waals surface area contributed by atoms with Crippen LogP contribution in [0, 0.1) is 17.1 Å². The van der Waals surface area contributed by atoms with Gasteiger partial charge in [0, 0.05) is 0 Å². The van der Waals surface area contributed by atoms with Gasteiger partial charge in [-0.3, -0.25) is 0 Å². The molecule has 12 heavy (non-hydrogen) atoms. The van der Waals surface area contributed by atoms with E-state index in [4.69, 9.17) is 10.4 Å². The molecule has 1 aromatic carbocycles. The highest BCUT2D eigenvalue weighted by molar-refractivity contribution is 5.75. The molecule has 0 radical (unpaired) electrons. The Morgan fingerprint density at radius 2 is 2.33 bits per heavy atom. The van der Waals surface area contributed by atoms with E-state index in [2.05, 4.69) is 0 Å². The summed E-state index contributed by atoms with van der Waals surface area (Å²) in [7, 11) is 0. The van der Waals surface area contributed by atoms with Crippen LogP contribution in [0.4, 0.5) is 4.39 Å². The second-order valence-corrected chi connectivity index (χ2v) is 2.16. The van der Waals surface area contributed by atoms with Gasteiger partial charge in [-0.15, -0.1) is 0 Å². The lowest BCUT2D eigenvalue weighted by molar-refractivity contribution is 0.476. The van der Waals surface area contributed by atoms with Crippen molar-refractivity contribution in [3.05, 3.63) is 41.9 Å². The predicted octanol–water partition coefficient (Wildman–Crippen LogP) is 2.25. The van der Waals surface area contributed by atoms with Crippen molar-refractivity contribution in [2.24, 2.45) is 0 Å². The monoisotopic (exact) mass is 163 g/mol. The van der Waals surface area contributed by atoms with Crippen LogP contribution in [0.3, 0.4) is 0 Å². The first-order valence-electron chi connectivity index (χ1n) is 3.28. The van der Waals surface area contributed by atoms with Crippen molar-refractivity contribution in [2.75, 3.05) is 0 Å². The Balaban J connectivity index is 3.13. The van der Waals surface area contributed by atoms with Gasteiger partial charge in [-0.05, 0) is 17.7 Å². The molecule has 0 spiro atoms. The molecule has 0 atom stereocenters. The minimum Gasteiger partial charge on any atom is -0.514 e. The smallest absolute Gasteiger partial charge is 0.123 e. The Kier molecular flexibility index (Phi) is 2.44. The molecule has 0 saturated heterocycles. The maximum absolute atomic E-state index is 12.6. The van der Waals surface area contributed by atoms with Gasteiger partial charge in [0.25, 0.3) is 0 Å². The molecule has 0 aliphatic carbocycles.